The Morgan fingerprint density at radius 1 is 0.769 bits per heavy atom. The van der Waals surface area contributed by atoms with Crippen molar-refractivity contribution in [3.8, 4) is 0 Å². The van der Waals surface area contributed by atoms with Crippen LogP contribution in [0.1, 0.15) is 26.2 Å². The topological polar surface area (TPSA) is 0 Å². The SMILES string of the molecule is CCC1CC(CCP(c2ccccc2)c2ccccc2)C2C=CC=CC12. The maximum atomic E-state index is 2.50. The summed E-state index contributed by atoms with van der Waals surface area (Å²) in [6.07, 6.45) is 14.9. The third-order valence-corrected chi connectivity index (χ3v) is 8.85. The highest BCUT2D eigenvalue weighted by atomic mass is 31.1. The molecule has 4 unspecified atom stereocenters. The van der Waals surface area contributed by atoms with Crippen LogP contribution in [0.5, 0.6) is 0 Å². The molecule has 0 amide bonds. The third kappa shape index (κ3) is 3.72. The summed E-state index contributed by atoms with van der Waals surface area (Å²) in [5.74, 6) is 3.29. The Labute approximate surface area is 159 Å². The van der Waals surface area contributed by atoms with Gasteiger partial charge in [0.15, 0.2) is 0 Å². The van der Waals surface area contributed by atoms with E-state index in [0.29, 0.717) is 0 Å². The molecule has 1 fully saturated rings. The standard InChI is InChI=1S/C25H29P/c1-2-20-19-21(25-16-10-9-15-24(20)25)17-18-26(22-11-5-3-6-12-22)23-13-7-4-8-14-23/h3-16,20-21,24-25H,2,17-19H2,1H3. The fourth-order valence-electron chi connectivity index (χ4n) is 4.95. The van der Waals surface area contributed by atoms with Crippen LogP contribution in [-0.2, 0) is 0 Å². The van der Waals surface area contributed by atoms with Gasteiger partial charge in [0.05, 0.1) is 0 Å². The summed E-state index contributed by atoms with van der Waals surface area (Å²) >= 11 is 0. The van der Waals surface area contributed by atoms with Crippen molar-refractivity contribution in [1.82, 2.24) is 0 Å². The number of rotatable bonds is 6. The van der Waals surface area contributed by atoms with Gasteiger partial charge in [-0.15, -0.1) is 0 Å². The van der Waals surface area contributed by atoms with Gasteiger partial charge in [-0.25, -0.2) is 0 Å². The highest BCUT2D eigenvalue weighted by Gasteiger charge is 2.40. The molecule has 4 rings (SSSR count). The number of hydrogen-bond acceptors (Lipinski definition) is 0. The predicted molar refractivity (Wildman–Crippen MR) is 116 cm³/mol. The van der Waals surface area contributed by atoms with Crippen molar-refractivity contribution in [2.75, 3.05) is 6.16 Å². The summed E-state index contributed by atoms with van der Waals surface area (Å²) in [5, 5.41) is 3.05. The molecule has 0 aliphatic heterocycles. The molecule has 0 saturated heterocycles. The Balaban J connectivity index is 1.52. The summed E-state index contributed by atoms with van der Waals surface area (Å²) in [6, 6.07) is 22.4. The molecule has 2 aliphatic carbocycles. The van der Waals surface area contributed by atoms with E-state index in [1.54, 1.807) is 0 Å². The van der Waals surface area contributed by atoms with E-state index in [-0.39, 0.29) is 7.92 Å². The molecule has 4 atom stereocenters. The Morgan fingerprint density at radius 3 is 1.85 bits per heavy atom. The molecule has 0 aromatic heterocycles. The number of fused-ring (bicyclic) bond motifs is 1. The lowest BCUT2D eigenvalue weighted by atomic mass is 9.82. The molecule has 2 aliphatic rings. The average molecular weight is 360 g/mol. The minimum Gasteiger partial charge on any atom is -0.0806 e. The van der Waals surface area contributed by atoms with Crippen LogP contribution >= 0.6 is 7.92 Å². The highest BCUT2D eigenvalue weighted by Crippen LogP contribution is 2.49. The maximum absolute atomic E-state index is 2.50. The molecule has 0 N–H and O–H groups in total. The van der Waals surface area contributed by atoms with Gasteiger partial charge in [0.1, 0.15) is 0 Å². The molecular weight excluding hydrogens is 331 g/mol. The summed E-state index contributed by atoms with van der Waals surface area (Å²) in [5.41, 5.74) is 0. The van der Waals surface area contributed by atoms with Crippen LogP contribution in [0.25, 0.3) is 0 Å². The fourth-order valence-corrected chi connectivity index (χ4v) is 7.42. The van der Waals surface area contributed by atoms with Gasteiger partial charge in [-0.3, -0.25) is 0 Å². The first-order chi connectivity index (χ1) is 12.9. The number of hydrogen-bond donors (Lipinski definition) is 0. The fraction of sp³-hybridized carbons (Fsp3) is 0.360. The first-order valence-electron chi connectivity index (χ1n) is 10.1. The Bertz CT molecular complexity index is 707. The molecule has 26 heavy (non-hydrogen) atoms. The van der Waals surface area contributed by atoms with Gasteiger partial charge in [-0.2, -0.15) is 0 Å². The van der Waals surface area contributed by atoms with Crippen LogP contribution in [0.15, 0.2) is 85.0 Å². The minimum atomic E-state index is -0.252. The lowest BCUT2D eigenvalue weighted by molar-refractivity contribution is 0.391. The maximum Gasteiger partial charge on any atom is -0.0136 e. The van der Waals surface area contributed by atoms with E-state index in [1.807, 2.05) is 0 Å². The van der Waals surface area contributed by atoms with Gasteiger partial charge in [0.25, 0.3) is 0 Å². The van der Waals surface area contributed by atoms with Crippen molar-refractivity contribution in [2.24, 2.45) is 23.7 Å². The van der Waals surface area contributed by atoms with Gasteiger partial charge in [-0.1, -0.05) is 98.3 Å². The second-order valence-electron chi connectivity index (χ2n) is 7.70. The number of allylic oxidation sites excluding steroid dienone is 4. The van der Waals surface area contributed by atoms with Crippen LogP contribution in [0.2, 0.25) is 0 Å². The van der Waals surface area contributed by atoms with E-state index >= 15 is 0 Å². The second kappa shape index (κ2) is 8.36. The summed E-state index contributed by atoms with van der Waals surface area (Å²) < 4.78 is 0. The average Bonchev–Trinajstić information content (AvgIpc) is 3.08. The summed E-state index contributed by atoms with van der Waals surface area (Å²) in [7, 11) is -0.252. The van der Waals surface area contributed by atoms with Crippen molar-refractivity contribution in [1.29, 1.82) is 0 Å². The lowest BCUT2D eigenvalue weighted by Gasteiger charge is -2.25. The van der Waals surface area contributed by atoms with E-state index in [4.69, 9.17) is 0 Å². The van der Waals surface area contributed by atoms with Crippen molar-refractivity contribution >= 4 is 18.5 Å². The van der Waals surface area contributed by atoms with Crippen molar-refractivity contribution in [2.45, 2.75) is 26.2 Å². The minimum absolute atomic E-state index is 0.252. The van der Waals surface area contributed by atoms with Crippen LogP contribution in [0, 0.1) is 23.7 Å². The molecule has 0 nitrogen and oxygen atoms in total. The third-order valence-electron chi connectivity index (χ3n) is 6.30. The van der Waals surface area contributed by atoms with Gasteiger partial charge in [-0.05, 0) is 61.2 Å². The van der Waals surface area contributed by atoms with E-state index in [0.717, 1.165) is 23.7 Å². The van der Waals surface area contributed by atoms with Gasteiger partial charge >= 0.3 is 0 Å². The molecule has 0 spiro atoms. The van der Waals surface area contributed by atoms with Crippen molar-refractivity contribution in [3.05, 3.63) is 85.0 Å². The van der Waals surface area contributed by atoms with E-state index in [9.17, 15) is 0 Å². The first-order valence-corrected chi connectivity index (χ1v) is 11.6. The zero-order valence-electron chi connectivity index (χ0n) is 15.7. The Kier molecular flexibility index (Phi) is 5.71. The normalized spacial score (nSPS) is 27.0. The molecule has 1 heteroatoms. The molecule has 2 aromatic rings. The molecule has 0 heterocycles. The van der Waals surface area contributed by atoms with Crippen molar-refractivity contribution in [3.63, 3.8) is 0 Å². The molecular formula is C25H29P. The zero-order chi connectivity index (χ0) is 17.8. The van der Waals surface area contributed by atoms with Crippen LogP contribution in [0.4, 0.5) is 0 Å². The highest BCUT2D eigenvalue weighted by molar-refractivity contribution is 7.73. The van der Waals surface area contributed by atoms with Crippen LogP contribution in [-0.4, -0.2) is 6.16 Å². The van der Waals surface area contributed by atoms with Gasteiger partial charge in [0.2, 0.25) is 0 Å². The van der Waals surface area contributed by atoms with E-state index in [2.05, 4.69) is 91.9 Å². The molecule has 0 bridgehead atoms. The molecule has 1 saturated carbocycles. The lowest BCUT2D eigenvalue weighted by Crippen LogP contribution is -2.18. The molecule has 0 radical (unpaired) electrons. The Hall–Kier alpha value is -1.65. The summed E-state index contributed by atoms with van der Waals surface area (Å²) in [6.45, 7) is 2.37. The second-order valence-corrected chi connectivity index (χ2v) is 10.0. The Morgan fingerprint density at radius 2 is 1.31 bits per heavy atom. The molecule has 134 valence electrons. The summed E-state index contributed by atoms with van der Waals surface area (Å²) in [4.78, 5) is 0. The van der Waals surface area contributed by atoms with Gasteiger partial charge in [0, 0.05) is 0 Å². The van der Waals surface area contributed by atoms with Crippen LogP contribution in [0.3, 0.4) is 0 Å². The van der Waals surface area contributed by atoms with Crippen LogP contribution < -0.4 is 10.6 Å². The number of benzene rings is 2. The molecule has 2 aromatic carbocycles. The monoisotopic (exact) mass is 360 g/mol. The smallest absolute Gasteiger partial charge is 0.0136 e. The largest absolute Gasteiger partial charge is 0.0806 e. The van der Waals surface area contributed by atoms with Gasteiger partial charge < -0.3 is 0 Å². The zero-order valence-corrected chi connectivity index (χ0v) is 16.6. The van der Waals surface area contributed by atoms with Crippen molar-refractivity contribution < 1.29 is 0 Å². The predicted octanol–water partition coefficient (Wildman–Crippen LogP) is 5.91. The van der Waals surface area contributed by atoms with E-state index in [1.165, 1.54) is 36.0 Å². The van der Waals surface area contributed by atoms with E-state index < -0.39 is 0 Å². The first kappa shape index (κ1) is 17.7. The quantitative estimate of drug-likeness (QED) is 0.562.